The van der Waals surface area contributed by atoms with Gasteiger partial charge in [0.15, 0.2) is 0 Å². The average Bonchev–Trinajstić information content (AvgIpc) is 3.32. The minimum Gasteiger partial charge on any atom is -0.309 e. The maximum atomic E-state index is 2.56. The Hall–Kier alpha value is -4.62. The first kappa shape index (κ1) is 28.8. The van der Waals surface area contributed by atoms with Crippen LogP contribution in [0.15, 0.2) is 103 Å². The van der Waals surface area contributed by atoms with Gasteiger partial charge in [-0.2, -0.15) is 0 Å². The van der Waals surface area contributed by atoms with Crippen LogP contribution >= 0.6 is 0 Å². The van der Waals surface area contributed by atoms with E-state index in [4.69, 9.17) is 0 Å². The number of hydrogen-bond donors (Lipinski definition) is 0. The molecule has 1 unspecified atom stereocenters. The minimum atomic E-state index is -0.189. The summed E-state index contributed by atoms with van der Waals surface area (Å²) >= 11 is 0. The fourth-order valence-electron chi connectivity index (χ4n) is 8.49. The summed E-state index contributed by atoms with van der Waals surface area (Å²) in [6.07, 6.45) is 5.98. The van der Waals surface area contributed by atoms with Crippen LogP contribution < -0.4 is 0 Å². The normalized spacial score (nSPS) is 16.8. The molecule has 8 rings (SSSR count). The van der Waals surface area contributed by atoms with Crippen molar-refractivity contribution in [3.8, 4) is 27.9 Å². The van der Waals surface area contributed by atoms with Crippen LogP contribution in [-0.2, 0) is 5.41 Å². The first-order valence-corrected chi connectivity index (χ1v) is 16.8. The maximum absolute atomic E-state index is 2.56. The molecule has 1 aliphatic heterocycles. The number of benzene rings is 5. The molecule has 2 heterocycles. The molecule has 0 amide bonds. The highest BCUT2D eigenvalue weighted by Gasteiger charge is 2.36. The van der Waals surface area contributed by atoms with Gasteiger partial charge in [0.25, 0.3) is 0 Å². The Balaban J connectivity index is 1.45. The molecular weight excluding hydrogens is 555 g/mol. The number of rotatable bonds is 3. The number of fused-ring (bicyclic) bond motifs is 5. The standard InChI is InChI=1S/C45H43N/c1-26-13-27(2)17-34(16-26)32-9-11-42-38(22-32)39-23-37(36-20-30(5)15-31(6)21-36)25-41-44(39)46(42)43-12-10-33(24-40(43)45(41,7)8)35-18-28(3)14-29(4)19-35/h9-12,14-26H,13H2,1-8H3. The van der Waals surface area contributed by atoms with Gasteiger partial charge in [-0.15, -0.1) is 0 Å². The molecule has 0 saturated carbocycles. The van der Waals surface area contributed by atoms with Crippen LogP contribution in [0.2, 0.25) is 0 Å². The van der Waals surface area contributed by atoms with Crippen LogP contribution in [0.5, 0.6) is 0 Å². The van der Waals surface area contributed by atoms with Crippen molar-refractivity contribution in [1.29, 1.82) is 0 Å². The fourth-order valence-corrected chi connectivity index (χ4v) is 8.49. The molecule has 1 nitrogen and oxygen atoms in total. The third-order valence-corrected chi connectivity index (χ3v) is 10.4. The third kappa shape index (κ3) is 4.51. The van der Waals surface area contributed by atoms with Crippen LogP contribution in [0.4, 0.5) is 0 Å². The van der Waals surface area contributed by atoms with E-state index in [1.165, 1.54) is 99.8 Å². The van der Waals surface area contributed by atoms with Crippen LogP contribution in [-0.4, -0.2) is 4.57 Å². The molecule has 5 aromatic carbocycles. The van der Waals surface area contributed by atoms with Crippen molar-refractivity contribution >= 4 is 27.4 Å². The van der Waals surface area contributed by atoms with Gasteiger partial charge in [0.2, 0.25) is 0 Å². The van der Waals surface area contributed by atoms with Crippen LogP contribution in [0.1, 0.15) is 73.1 Å². The van der Waals surface area contributed by atoms with Crippen molar-refractivity contribution in [1.82, 2.24) is 4.57 Å². The maximum Gasteiger partial charge on any atom is 0.0582 e. The zero-order valence-electron chi connectivity index (χ0n) is 28.5. The first-order chi connectivity index (χ1) is 22.0. The van der Waals surface area contributed by atoms with Gasteiger partial charge in [-0.1, -0.05) is 109 Å². The van der Waals surface area contributed by atoms with Gasteiger partial charge >= 0.3 is 0 Å². The fraction of sp³-hybridized carbons (Fsp3) is 0.244. The summed E-state index contributed by atoms with van der Waals surface area (Å²) in [6.45, 7) is 18.3. The highest BCUT2D eigenvalue weighted by molar-refractivity contribution is 6.13. The Morgan fingerprint density at radius 3 is 1.80 bits per heavy atom. The molecule has 0 N–H and O–H groups in total. The SMILES string of the molecule is CC1=CC(c2ccc3c(c2)c2cc(-c4cc(C)cc(C)c4)cc4c2n3-c2ccc(-c3cc(C)cc(C)c3)cc2C4(C)C)=CC(C)C1. The first-order valence-electron chi connectivity index (χ1n) is 16.8. The van der Waals surface area contributed by atoms with Crippen LogP contribution in [0.3, 0.4) is 0 Å². The molecule has 1 aromatic heterocycles. The van der Waals surface area contributed by atoms with Crippen LogP contribution in [0, 0.1) is 33.6 Å². The summed E-state index contributed by atoms with van der Waals surface area (Å²) in [4.78, 5) is 0. The van der Waals surface area contributed by atoms with Gasteiger partial charge in [-0.3, -0.25) is 0 Å². The second-order valence-electron chi connectivity index (χ2n) is 14.9. The number of aromatic nitrogens is 1. The number of nitrogens with zero attached hydrogens (tertiary/aromatic N) is 1. The van der Waals surface area contributed by atoms with Gasteiger partial charge in [0.05, 0.1) is 16.7 Å². The molecule has 0 fully saturated rings. The zero-order chi connectivity index (χ0) is 32.1. The number of aryl methyl sites for hydroxylation is 4. The van der Waals surface area contributed by atoms with Crippen molar-refractivity contribution in [2.75, 3.05) is 0 Å². The summed E-state index contributed by atoms with van der Waals surface area (Å²) in [5, 5.41) is 2.66. The summed E-state index contributed by atoms with van der Waals surface area (Å²) in [6, 6.07) is 33.1. The van der Waals surface area contributed by atoms with Crippen molar-refractivity contribution in [3.05, 3.63) is 142 Å². The van der Waals surface area contributed by atoms with E-state index in [0.29, 0.717) is 5.92 Å². The van der Waals surface area contributed by atoms with Gasteiger partial charge in [0.1, 0.15) is 0 Å². The smallest absolute Gasteiger partial charge is 0.0582 e. The van der Waals surface area contributed by atoms with Crippen molar-refractivity contribution in [3.63, 3.8) is 0 Å². The lowest BCUT2D eigenvalue weighted by Gasteiger charge is -2.35. The second kappa shape index (κ2) is 10.2. The molecule has 0 radical (unpaired) electrons. The Morgan fingerprint density at radius 1 is 0.587 bits per heavy atom. The summed E-state index contributed by atoms with van der Waals surface area (Å²) in [5.74, 6) is 0.556. The van der Waals surface area contributed by atoms with E-state index < -0.39 is 0 Å². The molecule has 0 spiro atoms. The largest absolute Gasteiger partial charge is 0.309 e. The molecule has 1 heteroatoms. The molecule has 6 aromatic rings. The van der Waals surface area contributed by atoms with Gasteiger partial charge in [-0.05, 0) is 128 Å². The van der Waals surface area contributed by atoms with Crippen molar-refractivity contribution in [2.45, 2.75) is 67.2 Å². The summed E-state index contributed by atoms with van der Waals surface area (Å²) in [7, 11) is 0. The number of allylic oxidation sites excluding steroid dienone is 4. The summed E-state index contributed by atoms with van der Waals surface area (Å²) in [5.41, 5.74) is 21.0. The molecule has 1 aliphatic carbocycles. The highest BCUT2D eigenvalue weighted by Crippen LogP contribution is 2.50. The van der Waals surface area contributed by atoms with E-state index >= 15 is 0 Å². The number of hydrogen-bond acceptors (Lipinski definition) is 0. The van der Waals surface area contributed by atoms with E-state index in [9.17, 15) is 0 Å². The van der Waals surface area contributed by atoms with Gasteiger partial charge < -0.3 is 4.57 Å². The Morgan fingerprint density at radius 2 is 1.15 bits per heavy atom. The second-order valence-corrected chi connectivity index (χ2v) is 14.9. The minimum absolute atomic E-state index is 0.189. The molecule has 0 bridgehead atoms. The van der Waals surface area contributed by atoms with E-state index in [1.54, 1.807) is 0 Å². The van der Waals surface area contributed by atoms with E-state index in [-0.39, 0.29) is 5.41 Å². The van der Waals surface area contributed by atoms with Crippen molar-refractivity contribution < 1.29 is 0 Å². The van der Waals surface area contributed by atoms with E-state index in [2.05, 4.69) is 157 Å². The Labute approximate surface area is 273 Å². The highest BCUT2D eigenvalue weighted by atomic mass is 15.0. The Bertz CT molecular complexity index is 2280. The molecule has 2 aliphatic rings. The Kier molecular flexibility index (Phi) is 6.39. The summed E-state index contributed by atoms with van der Waals surface area (Å²) < 4.78 is 2.56. The zero-order valence-corrected chi connectivity index (χ0v) is 28.5. The molecule has 0 saturated heterocycles. The molecule has 46 heavy (non-hydrogen) atoms. The lowest BCUT2D eigenvalue weighted by molar-refractivity contribution is 0.630. The third-order valence-electron chi connectivity index (χ3n) is 10.4. The molecular formula is C45H43N. The lowest BCUT2D eigenvalue weighted by Crippen LogP contribution is -2.26. The monoisotopic (exact) mass is 597 g/mol. The topological polar surface area (TPSA) is 4.93 Å². The molecule has 228 valence electrons. The van der Waals surface area contributed by atoms with Gasteiger partial charge in [-0.25, -0.2) is 0 Å². The molecule has 1 atom stereocenters. The van der Waals surface area contributed by atoms with Crippen LogP contribution in [0.25, 0.3) is 55.3 Å². The van der Waals surface area contributed by atoms with E-state index in [0.717, 1.165) is 6.42 Å². The average molecular weight is 598 g/mol. The van der Waals surface area contributed by atoms with Crippen molar-refractivity contribution in [2.24, 2.45) is 5.92 Å². The lowest BCUT2D eigenvalue weighted by atomic mass is 9.73. The quantitative estimate of drug-likeness (QED) is 0.191. The van der Waals surface area contributed by atoms with E-state index in [1.807, 2.05) is 0 Å². The van der Waals surface area contributed by atoms with Gasteiger partial charge in [0, 0.05) is 16.2 Å². The predicted octanol–water partition coefficient (Wildman–Crippen LogP) is 12.4. The predicted molar refractivity (Wildman–Crippen MR) is 198 cm³/mol.